The number of nitrogens with two attached hydrogens (primary N) is 1. The van der Waals surface area contributed by atoms with Gasteiger partial charge in [-0.15, -0.1) is 0 Å². The van der Waals surface area contributed by atoms with E-state index in [0.29, 0.717) is 6.54 Å². The Morgan fingerprint density at radius 3 is 2.56 bits per heavy atom. The van der Waals surface area contributed by atoms with E-state index in [1.807, 2.05) is 0 Å². The maximum atomic E-state index is 9.74. The number of likely N-dealkylation sites (N-methyl/N-ethyl adjacent to an activating group) is 1. The van der Waals surface area contributed by atoms with Crippen molar-refractivity contribution in [2.45, 2.75) is 0 Å². The molecule has 0 bridgehead atoms. The summed E-state index contributed by atoms with van der Waals surface area (Å²) in [7, 11) is -2.96. The molecule has 0 aromatic rings. The average molecular weight is 154 g/mol. The minimum atomic E-state index is -4.72. The fourth-order valence-corrected chi connectivity index (χ4v) is 0.611. The Bertz CT molecular complexity index is 110. The SMILES string of the molecule is C[NH2+]CCOP(=O)([O-])[O-]. The fraction of sp³-hybridized carbons (Fsp3) is 1.00. The molecule has 0 spiro atoms. The minimum Gasteiger partial charge on any atom is -0.790 e. The summed E-state index contributed by atoms with van der Waals surface area (Å²) in [6, 6.07) is 0. The van der Waals surface area contributed by atoms with E-state index in [9.17, 15) is 14.4 Å². The first-order valence-electron chi connectivity index (χ1n) is 2.50. The first kappa shape index (κ1) is 9.07. The highest BCUT2D eigenvalue weighted by Gasteiger charge is 1.89. The van der Waals surface area contributed by atoms with Gasteiger partial charge in [0.15, 0.2) is 0 Å². The van der Waals surface area contributed by atoms with Gasteiger partial charge in [-0.05, 0) is 0 Å². The quantitative estimate of drug-likeness (QED) is 0.345. The van der Waals surface area contributed by atoms with Crippen molar-refractivity contribution in [3.05, 3.63) is 0 Å². The van der Waals surface area contributed by atoms with Crippen LogP contribution in [0.5, 0.6) is 0 Å². The van der Waals surface area contributed by atoms with Crippen LogP contribution in [0.4, 0.5) is 0 Å². The van der Waals surface area contributed by atoms with Crippen LogP contribution in [0, 0.1) is 0 Å². The van der Waals surface area contributed by atoms with Gasteiger partial charge in [0.2, 0.25) is 0 Å². The molecule has 9 heavy (non-hydrogen) atoms. The summed E-state index contributed by atoms with van der Waals surface area (Å²) in [4.78, 5) is 19.5. The zero-order valence-corrected chi connectivity index (χ0v) is 5.97. The van der Waals surface area contributed by atoms with Crippen LogP contribution in [0.1, 0.15) is 0 Å². The first-order chi connectivity index (χ1) is 4.06. The molecule has 0 aliphatic rings. The van der Waals surface area contributed by atoms with Crippen molar-refractivity contribution < 1.29 is 24.2 Å². The zero-order valence-electron chi connectivity index (χ0n) is 5.07. The van der Waals surface area contributed by atoms with Crippen molar-refractivity contribution in [1.29, 1.82) is 0 Å². The molecule has 0 aliphatic carbocycles. The number of phosphoric ester groups is 1. The van der Waals surface area contributed by atoms with Crippen molar-refractivity contribution >= 4 is 7.82 Å². The van der Waals surface area contributed by atoms with E-state index in [0.717, 1.165) is 0 Å². The first-order valence-corrected chi connectivity index (χ1v) is 3.97. The van der Waals surface area contributed by atoms with Crippen LogP contribution in [0.25, 0.3) is 0 Å². The van der Waals surface area contributed by atoms with Crippen LogP contribution in [0.2, 0.25) is 0 Å². The molecule has 0 aromatic heterocycles. The summed E-state index contributed by atoms with van der Waals surface area (Å²) in [5.74, 6) is 0. The molecule has 0 rings (SSSR count). The normalized spacial score (nSPS) is 11.9. The Kier molecular flexibility index (Phi) is 4.01. The zero-order chi connectivity index (χ0) is 7.33. The van der Waals surface area contributed by atoms with Gasteiger partial charge in [0.05, 0.1) is 21.4 Å². The second kappa shape index (κ2) is 3.98. The molecular formula is C3H9NO4P-. The van der Waals surface area contributed by atoms with Gasteiger partial charge in [-0.25, -0.2) is 0 Å². The second-order valence-electron chi connectivity index (χ2n) is 1.48. The molecule has 0 radical (unpaired) electrons. The summed E-state index contributed by atoms with van der Waals surface area (Å²) < 4.78 is 13.6. The van der Waals surface area contributed by atoms with E-state index in [4.69, 9.17) is 0 Å². The number of quaternary nitrogens is 1. The van der Waals surface area contributed by atoms with Crippen LogP contribution in [-0.4, -0.2) is 20.2 Å². The molecule has 0 aromatic carbocycles. The third-order valence-electron chi connectivity index (χ3n) is 0.656. The topological polar surface area (TPSA) is 89.0 Å². The lowest BCUT2D eigenvalue weighted by Crippen LogP contribution is -2.80. The maximum Gasteiger partial charge on any atom is 0.101 e. The molecule has 0 unspecified atom stereocenters. The average Bonchev–Trinajstić information content (AvgIpc) is 1.63. The van der Waals surface area contributed by atoms with Crippen molar-refractivity contribution in [3.63, 3.8) is 0 Å². The lowest BCUT2D eigenvalue weighted by Gasteiger charge is -2.27. The van der Waals surface area contributed by atoms with E-state index in [2.05, 4.69) is 4.52 Å². The van der Waals surface area contributed by atoms with E-state index in [1.54, 1.807) is 12.4 Å². The van der Waals surface area contributed by atoms with Gasteiger partial charge in [0, 0.05) is 0 Å². The molecule has 0 aliphatic heterocycles. The predicted molar refractivity (Wildman–Crippen MR) is 26.3 cm³/mol. The van der Waals surface area contributed by atoms with Gasteiger partial charge in [-0.1, -0.05) is 0 Å². The lowest BCUT2D eigenvalue weighted by molar-refractivity contribution is -0.628. The summed E-state index contributed by atoms with van der Waals surface area (Å²) in [6.45, 7) is 0.440. The Morgan fingerprint density at radius 1 is 1.67 bits per heavy atom. The number of hydrogen-bond acceptors (Lipinski definition) is 4. The molecule has 0 amide bonds. The predicted octanol–water partition coefficient (Wildman–Crippen LogP) is -2.98. The highest BCUT2D eigenvalue weighted by Crippen LogP contribution is 2.22. The van der Waals surface area contributed by atoms with Crippen molar-refractivity contribution in [3.8, 4) is 0 Å². The van der Waals surface area contributed by atoms with Crippen LogP contribution >= 0.6 is 7.82 Å². The molecule has 2 N–H and O–H groups in total. The summed E-state index contributed by atoms with van der Waals surface area (Å²) in [6.07, 6.45) is 0. The Morgan fingerprint density at radius 2 is 2.22 bits per heavy atom. The molecule has 5 nitrogen and oxygen atoms in total. The number of hydrogen-bond donors (Lipinski definition) is 1. The monoisotopic (exact) mass is 154 g/mol. The van der Waals surface area contributed by atoms with Gasteiger partial charge >= 0.3 is 0 Å². The molecule has 0 saturated carbocycles. The van der Waals surface area contributed by atoms with Gasteiger partial charge in [-0.2, -0.15) is 0 Å². The Labute approximate surface area is 53.3 Å². The third kappa shape index (κ3) is 8.07. The molecular weight excluding hydrogens is 145 g/mol. The highest BCUT2D eigenvalue weighted by molar-refractivity contribution is 7.43. The Hall–Kier alpha value is 0.0700. The van der Waals surface area contributed by atoms with E-state index < -0.39 is 7.82 Å². The molecule has 0 saturated heterocycles. The third-order valence-corrected chi connectivity index (χ3v) is 1.15. The maximum absolute atomic E-state index is 9.74. The van der Waals surface area contributed by atoms with Crippen LogP contribution in [0.3, 0.4) is 0 Å². The standard InChI is InChI=1S/C3H10NO4P/c1-4-2-3-8-9(5,6)7/h4H,2-3H2,1H3,(H2,5,6,7)/p-1. The van der Waals surface area contributed by atoms with Crippen LogP contribution in [-0.2, 0) is 9.09 Å². The van der Waals surface area contributed by atoms with Crippen LogP contribution in [0.15, 0.2) is 0 Å². The molecule has 0 heterocycles. The van der Waals surface area contributed by atoms with E-state index in [1.165, 1.54) is 0 Å². The van der Waals surface area contributed by atoms with Gasteiger partial charge in [0.1, 0.15) is 6.61 Å². The highest BCUT2D eigenvalue weighted by atomic mass is 31.2. The number of rotatable bonds is 4. The largest absolute Gasteiger partial charge is 0.790 e. The fourth-order valence-electron chi connectivity index (χ4n) is 0.282. The summed E-state index contributed by atoms with van der Waals surface area (Å²) in [5.41, 5.74) is 0. The Balaban J connectivity index is 3.18. The van der Waals surface area contributed by atoms with Gasteiger partial charge in [0.25, 0.3) is 0 Å². The second-order valence-corrected chi connectivity index (χ2v) is 2.63. The molecule has 0 atom stereocenters. The smallest absolute Gasteiger partial charge is 0.101 e. The van der Waals surface area contributed by atoms with Gasteiger partial charge in [-0.3, -0.25) is 0 Å². The van der Waals surface area contributed by atoms with Crippen molar-refractivity contribution in [1.82, 2.24) is 0 Å². The molecule has 56 valence electrons. The van der Waals surface area contributed by atoms with Crippen molar-refractivity contribution in [2.24, 2.45) is 0 Å². The van der Waals surface area contributed by atoms with E-state index in [-0.39, 0.29) is 6.61 Å². The number of phosphoric acid groups is 1. The van der Waals surface area contributed by atoms with Gasteiger partial charge < -0.3 is 24.2 Å². The van der Waals surface area contributed by atoms with E-state index >= 15 is 0 Å². The molecule has 0 fully saturated rings. The van der Waals surface area contributed by atoms with Crippen LogP contribution < -0.4 is 15.1 Å². The molecule has 6 heteroatoms. The lowest BCUT2D eigenvalue weighted by atomic mass is 10.7. The minimum absolute atomic E-state index is 0.0409. The summed E-state index contributed by atoms with van der Waals surface area (Å²) in [5, 5.41) is 1.72. The van der Waals surface area contributed by atoms with Crippen molar-refractivity contribution in [2.75, 3.05) is 20.2 Å². The summed E-state index contributed by atoms with van der Waals surface area (Å²) >= 11 is 0.